The second-order valence-corrected chi connectivity index (χ2v) is 4.26. The summed E-state index contributed by atoms with van der Waals surface area (Å²) in [6.07, 6.45) is 1.04. The summed E-state index contributed by atoms with van der Waals surface area (Å²) in [4.78, 5) is 33.4. The van der Waals surface area contributed by atoms with Gasteiger partial charge in [-0.1, -0.05) is 0 Å². The summed E-state index contributed by atoms with van der Waals surface area (Å²) in [6, 6.07) is 0. The number of hydrogen-bond donors (Lipinski definition) is 1. The number of carbonyl (C=O) groups excluding carboxylic acids is 1. The van der Waals surface area contributed by atoms with Gasteiger partial charge in [-0.25, -0.2) is 9.78 Å². The van der Waals surface area contributed by atoms with E-state index in [9.17, 15) is 9.59 Å². The van der Waals surface area contributed by atoms with Gasteiger partial charge in [0.25, 0.3) is 5.56 Å². The Balaban J connectivity index is 2.06. The fraction of sp³-hybridized carbons (Fsp3) is 0.583. The first-order valence-corrected chi connectivity index (χ1v) is 6.45. The summed E-state index contributed by atoms with van der Waals surface area (Å²) in [6.45, 7) is 4.34. The molecule has 1 aromatic rings. The lowest BCUT2D eigenvalue weighted by Gasteiger charge is -2.34. The molecule has 1 fully saturated rings. The Bertz CT molecular complexity index is 522. The van der Waals surface area contributed by atoms with Crippen LogP contribution in [0.3, 0.4) is 0 Å². The highest BCUT2D eigenvalue weighted by Gasteiger charge is 2.25. The molecule has 1 aliphatic rings. The molecule has 8 heteroatoms. The maximum atomic E-state index is 11.6. The maximum Gasteiger partial charge on any atom is 0.409 e. The first kappa shape index (κ1) is 14.2. The van der Waals surface area contributed by atoms with Crippen LogP contribution >= 0.6 is 0 Å². The van der Waals surface area contributed by atoms with E-state index in [1.54, 1.807) is 11.8 Å². The minimum atomic E-state index is -0.315. The number of aromatic amines is 1. The first-order valence-electron chi connectivity index (χ1n) is 6.45. The van der Waals surface area contributed by atoms with Gasteiger partial charge in [-0.2, -0.15) is 0 Å². The van der Waals surface area contributed by atoms with Gasteiger partial charge >= 0.3 is 6.09 Å². The highest BCUT2D eigenvalue weighted by atomic mass is 16.6. The van der Waals surface area contributed by atoms with Crippen LogP contribution in [0, 0.1) is 0 Å². The minimum absolute atomic E-state index is 0.192. The molecule has 1 aromatic heterocycles. The van der Waals surface area contributed by atoms with E-state index in [0.717, 1.165) is 0 Å². The van der Waals surface area contributed by atoms with E-state index in [-0.39, 0.29) is 17.4 Å². The number of ether oxygens (including phenoxy) is 2. The zero-order chi connectivity index (χ0) is 14.5. The molecule has 110 valence electrons. The number of nitrogens with one attached hydrogen (secondary N) is 1. The Morgan fingerprint density at radius 3 is 2.70 bits per heavy atom. The number of methoxy groups -OCH3 is 1. The molecule has 0 unspecified atom stereocenters. The van der Waals surface area contributed by atoms with Gasteiger partial charge in [0.05, 0.1) is 20.0 Å². The molecule has 0 aliphatic carbocycles. The van der Waals surface area contributed by atoms with Crippen molar-refractivity contribution in [2.45, 2.75) is 6.92 Å². The van der Waals surface area contributed by atoms with Crippen molar-refractivity contribution in [1.29, 1.82) is 0 Å². The SMILES string of the molecule is CCOC(=O)N1CCN(c2nc[nH]c(=O)c2OC)CC1. The van der Waals surface area contributed by atoms with Crippen LogP contribution in [-0.2, 0) is 4.74 Å². The maximum absolute atomic E-state index is 11.6. The van der Waals surface area contributed by atoms with E-state index < -0.39 is 0 Å². The highest BCUT2D eigenvalue weighted by molar-refractivity contribution is 5.68. The van der Waals surface area contributed by atoms with Crippen LogP contribution < -0.4 is 15.2 Å². The molecule has 1 amide bonds. The average Bonchev–Trinajstić information content (AvgIpc) is 2.47. The van der Waals surface area contributed by atoms with Gasteiger partial charge in [-0.05, 0) is 6.92 Å². The standard InChI is InChI=1S/C12H18N4O4/c1-3-20-12(18)16-6-4-15(5-7-16)10-9(19-2)11(17)14-8-13-10/h8H,3-7H2,1-2H3,(H,13,14,17). The lowest BCUT2D eigenvalue weighted by atomic mass is 10.3. The molecule has 0 atom stereocenters. The van der Waals surface area contributed by atoms with E-state index in [1.807, 2.05) is 4.90 Å². The van der Waals surface area contributed by atoms with E-state index in [2.05, 4.69) is 9.97 Å². The Morgan fingerprint density at radius 2 is 2.10 bits per heavy atom. The molecule has 0 saturated carbocycles. The molecule has 1 aliphatic heterocycles. The van der Waals surface area contributed by atoms with Crippen LogP contribution in [-0.4, -0.2) is 60.9 Å². The summed E-state index contributed by atoms with van der Waals surface area (Å²) in [5.74, 6) is 0.692. The summed E-state index contributed by atoms with van der Waals surface area (Å²) in [7, 11) is 1.44. The lowest BCUT2D eigenvalue weighted by molar-refractivity contribution is 0.105. The highest BCUT2D eigenvalue weighted by Crippen LogP contribution is 2.21. The number of rotatable bonds is 3. The fourth-order valence-corrected chi connectivity index (χ4v) is 2.10. The molecule has 1 saturated heterocycles. The molecular formula is C12H18N4O4. The van der Waals surface area contributed by atoms with Gasteiger partial charge in [0.2, 0.25) is 5.75 Å². The Kier molecular flexibility index (Phi) is 4.44. The molecule has 1 N–H and O–H groups in total. The number of anilines is 1. The van der Waals surface area contributed by atoms with Gasteiger partial charge in [0, 0.05) is 26.2 Å². The van der Waals surface area contributed by atoms with Crippen LogP contribution in [0.2, 0.25) is 0 Å². The minimum Gasteiger partial charge on any atom is -0.489 e. The van der Waals surface area contributed by atoms with Crippen molar-refractivity contribution < 1.29 is 14.3 Å². The average molecular weight is 282 g/mol. The van der Waals surface area contributed by atoms with Gasteiger partial charge in [0.1, 0.15) is 0 Å². The zero-order valence-electron chi connectivity index (χ0n) is 11.6. The topological polar surface area (TPSA) is 87.8 Å². The number of H-pyrrole nitrogens is 1. The van der Waals surface area contributed by atoms with Crippen LogP contribution in [0.1, 0.15) is 6.92 Å². The monoisotopic (exact) mass is 282 g/mol. The number of amides is 1. The van der Waals surface area contributed by atoms with Crippen molar-refractivity contribution in [1.82, 2.24) is 14.9 Å². The molecule has 0 bridgehead atoms. The van der Waals surface area contributed by atoms with E-state index >= 15 is 0 Å². The Morgan fingerprint density at radius 1 is 1.40 bits per heavy atom. The van der Waals surface area contributed by atoms with Gasteiger partial charge < -0.3 is 24.3 Å². The molecule has 8 nitrogen and oxygen atoms in total. The summed E-state index contributed by atoms with van der Waals surface area (Å²) in [5.41, 5.74) is -0.315. The number of aromatic nitrogens is 2. The van der Waals surface area contributed by atoms with Crippen LogP contribution in [0.4, 0.5) is 10.6 Å². The van der Waals surface area contributed by atoms with Crippen molar-refractivity contribution in [3.05, 3.63) is 16.7 Å². The molecule has 2 heterocycles. The largest absolute Gasteiger partial charge is 0.489 e. The van der Waals surface area contributed by atoms with Crippen LogP contribution in [0.25, 0.3) is 0 Å². The third-order valence-corrected chi connectivity index (χ3v) is 3.10. The molecule has 20 heavy (non-hydrogen) atoms. The normalized spacial score (nSPS) is 15.1. The number of carbonyl (C=O) groups is 1. The predicted octanol–water partition coefficient (Wildman–Crippen LogP) is 0.0570. The zero-order valence-corrected chi connectivity index (χ0v) is 11.6. The van der Waals surface area contributed by atoms with Crippen molar-refractivity contribution >= 4 is 11.9 Å². The van der Waals surface area contributed by atoms with Crippen molar-refractivity contribution in [2.24, 2.45) is 0 Å². The fourth-order valence-electron chi connectivity index (χ4n) is 2.10. The third-order valence-electron chi connectivity index (χ3n) is 3.10. The summed E-state index contributed by atoms with van der Waals surface area (Å²) < 4.78 is 10.0. The van der Waals surface area contributed by atoms with Crippen LogP contribution in [0.15, 0.2) is 11.1 Å². The van der Waals surface area contributed by atoms with Gasteiger partial charge in [-0.15, -0.1) is 0 Å². The quantitative estimate of drug-likeness (QED) is 0.843. The van der Waals surface area contributed by atoms with Crippen molar-refractivity contribution in [2.75, 3.05) is 44.8 Å². The smallest absolute Gasteiger partial charge is 0.409 e. The Labute approximate surface area is 116 Å². The number of nitrogens with zero attached hydrogens (tertiary/aromatic N) is 3. The van der Waals surface area contributed by atoms with Crippen LogP contribution in [0.5, 0.6) is 5.75 Å². The van der Waals surface area contributed by atoms with Crippen molar-refractivity contribution in [3.63, 3.8) is 0 Å². The molecular weight excluding hydrogens is 264 g/mol. The van der Waals surface area contributed by atoms with E-state index in [1.165, 1.54) is 13.4 Å². The predicted molar refractivity (Wildman–Crippen MR) is 72.2 cm³/mol. The summed E-state index contributed by atoms with van der Waals surface area (Å²) in [5, 5.41) is 0. The summed E-state index contributed by atoms with van der Waals surface area (Å²) >= 11 is 0. The molecule has 2 rings (SSSR count). The number of piperazine rings is 1. The second kappa shape index (κ2) is 6.27. The third kappa shape index (κ3) is 2.84. The van der Waals surface area contributed by atoms with E-state index in [4.69, 9.17) is 9.47 Å². The molecule has 0 aromatic carbocycles. The lowest BCUT2D eigenvalue weighted by Crippen LogP contribution is -2.49. The second-order valence-electron chi connectivity index (χ2n) is 4.26. The molecule has 0 spiro atoms. The Hall–Kier alpha value is -2.25. The van der Waals surface area contributed by atoms with Gasteiger partial charge in [0.15, 0.2) is 5.82 Å². The first-order chi connectivity index (χ1) is 9.67. The number of hydrogen-bond acceptors (Lipinski definition) is 6. The van der Waals surface area contributed by atoms with Gasteiger partial charge in [-0.3, -0.25) is 4.79 Å². The molecule has 0 radical (unpaired) electrons. The van der Waals surface area contributed by atoms with E-state index in [0.29, 0.717) is 38.6 Å². The van der Waals surface area contributed by atoms with Crippen molar-refractivity contribution in [3.8, 4) is 5.75 Å².